The number of nitrogens with zero attached hydrogens (tertiary/aromatic N) is 2. The summed E-state index contributed by atoms with van der Waals surface area (Å²) in [6.45, 7) is 2.29. The largest absolute Gasteiger partial charge is 0.308 e. The number of hydrogen-bond acceptors (Lipinski definition) is 2. The molecule has 1 rings (SSSR count). The fraction of sp³-hybridized carbons (Fsp3) is 0.429. The molecular formula is C14H22N2. The van der Waals surface area contributed by atoms with Crippen molar-refractivity contribution >= 4 is 0 Å². The second kappa shape index (κ2) is 8.96. The second-order valence-electron chi connectivity index (χ2n) is 4.12. The van der Waals surface area contributed by atoms with E-state index >= 15 is 0 Å². The lowest BCUT2D eigenvalue weighted by atomic mass is 10.2. The van der Waals surface area contributed by atoms with E-state index in [2.05, 4.69) is 43.9 Å². The molecule has 0 unspecified atom stereocenters. The van der Waals surface area contributed by atoms with Crippen molar-refractivity contribution in [3.63, 3.8) is 0 Å². The van der Waals surface area contributed by atoms with E-state index in [1.165, 1.54) is 0 Å². The Labute approximate surface area is 99.9 Å². The zero-order valence-electron chi connectivity index (χ0n) is 10.8. The Hall–Kier alpha value is -1.30. The van der Waals surface area contributed by atoms with Crippen molar-refractivity contribution in [1.29, 1.82) is 0 Å². The molecule has 0 heterocycles. The third-order valence-electron chi connectivity index (χ3n) is 1.93. The summed E-state index contributed by atoms with van der Waals surface area (Å²) < 4.78 is 0. The molecule has 0 amide bonds. The number of likely N-dealkylation sites (N-methyl/N-ethyl adjacent to an activating group) is 2. The molecular weight excluding hydrogens is 196 g/mol. The van der Waals surface area contributed by atoms with Crippen LogP contribution in [0.5, 0.6) is 0 Å². The van der Waals surface area contributed by atoms with Gasteiger partial charge >= 0.3 is 0 Å². The molecule has 0 N–H and O–H groups in total. The lowest BCUT2D eigenvalue weighted by molar-refractivity contribution is 0.320. The highest BCUT2D eigenvalue weighted by Gasteiger charge is 1.89. The Morgan fingerprint density at radius 3 is 1.62 bits per heavy atom. The Morgan fingerprint density at radius 2 is 1.38 bits per heavy atom. The molecule has 0 atom stereocenters. The van der Waals surface area contributed by atoms with Crippen LogP contribution in [0.1, 0.15) is 5.56 Å². The van der Waals surface area contributed by atoms with Gasteiger partial charge in [-0.3, -0.25) is 0 Å². The number of terminal acetylenes is 1. The van der Waals surface area contributed by atoms with Crippen LogP contribution in [0.2, 0.25) is 0 Å². The molecule has 0 aliphatic carbocycles. The number of benzene rings is 1. The van der Waals surface area contributed by atoms with Gasteiger partial charge in [0.2, 0.25) is 0 Å². The lowest BCUT2D eigenvalue weighted by Crippen LogP contribution is -2.25. The fourth-order valence-corrected chi connectivity index (χ4v) is 0.934. The average molecular weight is 218 g/mol. The second-order valence-corrected chi connectivity index (χ2v) is 4.12. The highest BCUT2D eigenvalue weighted by Crippen LogP contribution is 1.93. The normalized spacial score (nSPS) is 9.56. The van der Waals surface area contributed by atoms with Crippen LogP contribution in [0.15, 0.2) is 30.3 Å². The number of rotatable bonds is 3. The summed E-state index contributed by atoms with van der Waals surface area (Å²) in [6.07, 6.45) is 5.10. The van der Waals surface area contributed by atoms with Crippen LogP contribution in [0.3, 0.4) is 0 Å². The molecule has 0 saturated heterocycles. The van der Waals surface area contributed by atoms with Crippen LogP contribution in [0.25, 0.3) is 0 Å². The third-order valence-corrected chi connectivity index (χ3v) is 1.93. The molecule has 88 valence electrons. The Kier molecular flexibility index (Phi) is 8.24. The molecule has 2 heteroatoms. The molecule has 0 radical (unpaired) electrons. The van der Waals surface area contributed by atoms with Gasteiger partial charge in [0.15, 0.2) is 0 Å². The van der Waals surface area contributed by atoms with Gasteiger partial charge in [0, 0.05) is 18.7 Å². The molecule has 0 saturated carbocycles. The maximum absolute atomic E-state index is 5.10. The first-order valence-electron chi connectivity index (χ1n) is 5.37. The molecule has 1 aromatic carbocycles. The first-order valence-corrected chi connectivity index (χ1v) is 5.37. The van der Waals surface area contributed by atoms with Crippen LogP contribution in [0, 0.1) is 12.3 Å². The van der Waals surface area contributed by atoms with Gasteiger partial charge in [-0.2, -0.15) is 0 Å². The Morgan fingerprint density at radius 1 is 0.938 bits per heavy atom. The molecule has 2 nitrogen and oxygen atoms in total. The quantitative estimate of drug-likeness (QED) is 0.714. The van der Waals surface area contributed by atoms with Crippen molar-refractivity contribution in [2.24, 2.45) is 0 Å². The van der Waals surface area contributed by atoms with Crippen molar-refractivity contribution in [2.45, 2.75) is 0 Å². The zero-order valence-corrected chi connectivity index (χ0v) is 10.8. The first kappa shape index (κ1) is 14.7. The number of hydrogen-bond donors (Lipinski definition) is 0. The van der Waals surface area contributed by atoms with Crippen LogP contribution < -0.4 is 0 Å². The average Bonchev–Trinajstić information content (AvgIpc) is 2.28. The smallest absolute Gasteiger partial charge is 0.0242 e. The van der Waals surface area contributed by atoms with Crippen LogP contribution in [0.4, 0.5) is 0 Å². The Bertz CT molecular complexity index is 288. The zero-order chi connectivity index (χ0) is 12.4. The monoisotopic (exact) mass is 218 g/mol. The third kappa shape index (κ3) is 9.26. The van der Waals surface area contributed by atoms with Gasteiger partial charge in [-0.25, -0.2) is 0 Å². The topological polar surface area (TPSA) is 6.48 Å². The Balaban J connectivity index is 0.000000281. The van der Waals surface area contributed by atoms with E-state index in [1.54, 1.807) is 0 Å². The SMILES string of the molecule is C#Cc1ccccc1.CN(C)CCN(C)C. The summed E-state index contributed by atoms with van der Waals surface area (Å²) in [6, 6.07) is 9.60. The predicted molar refractivity (Wildman–Crippen MR) is 71.5 cm³/mol. The maximum Gasteiger partial charge on any atom is 0.0242 e. The van der Waals surface area contributed by atoms with Gasteiger partial charge < -0.3 is 9.80 Å². The van der Waals surface area contributed by atoms with E-state index in [-0.39, 0.29) is 0 Å². The maximum atomic E-state index is 5.10. The van der Waals surface area contributed by atoms with Gasteiger partial charge in [0.1, 0.15) is 0 Å². The van der Waals surface area contributed by atoms with Gasteiger partial charge in [0.25, 0.3) is 0 Å². The predicted octanol–water partition coefficient (Wildman–Crippen LogP) is 1.78. The van der Waals surface area contributed by atoms with E-state index in [0.29, 0.717) is 0 Å². The minimum absolute atomic E-state index is 0.938. The molecule has 0 bridgehead atoms. The summed E-state index contributed by atoms with van der Waals surface area (Å²) in [5, 5.41) is 0. The van der Waals surface area contributed by atoms with E-state index in [9.17, 15) is 0 Å². The van der Waals surface area contributed by atoms with Gasteiger partial charge in [0.05, 0.1) is 0 Å². The van der Waals surface area contributed by atoms with Crippen molar-refractivity contribution in [3.8, 4) is 12.3 Å². The van der Waals surface area contributed by atoms with Crippen LogP contribution >= 0.6 is 0 Å². The highest BCUT2D eigenvalue weighted by molar-refractivity contribution is 5.30. The van der Waals surface area contributed by atoms with Crippen molar-refractivity contribution in [3.05, 3.63) is 35.9 Å². The van der Waals surface area contributed by atoms with E-state index in [1.807, 2.05) is 30.3 Å². The fourth-order valence-electron chi connectivity index (χ4n) is 0.934. The molecule has 0 aliphatic rings. The highest BCUT2D eigenvalue weighted by atomic mass is 15.1. The summed E-state index contributed by atoms with van der Waals surface area (Å²) in [5.41, 5.74) is 0.938. The van der Waals surface area contributed by atoms with Crippen molar-refractivity contribution in [2.75, 3.05) is 41.3 Å². The summed E-state index contributed by atoms with van der Waals surface area (Å²) in [7, 11) is 8.35. The molecule has 1 aromatic rings. The van der Waals surface area contributed by atoms with Gasteiger partial charge in [-0.15, -0.1) is 6.42 Å². The van der Waals surface area contributed by atoms with E-state index in [0.717, 1.165) is 18.7 Å². The van der Waals surface area contributed by atoms with E-state index in [4.69, 9.17) is 6.42 Å². The minimum Gasteiger partial charge on any atom is -0.308 e. The van der Waals surface area contributed by atoms with E-state index < -0.39 is 0 Å². The summed E-state index contributed by atoms with van der Waals surface area (Å²) >= 11 is 0. The molecule has 0 spiro atoms. The molecule has 0 aliphatic heterocycles. The van der Waals surface area contributed by atoms with Gasteiger partial charge in [-0.1, -0.05) is 24.1 Å². The molecule has 0 aromatic heterocycles. The summed E-state index contributed by atoms with van der Waals surface area (Å²) in [5.74, 6) is 2.53. The lowest BCUT2D eigenvalue weighted by Gasteiger charge is -2.13. The van der Waals surface area contributed by atoms with Crippen molar-refractivity contribution in [1.82, 2.24) is 9.80 Å². The molecule has 16 heavy (non-hydrogen) atoms. The minimum atomic E-state index is 0.938. The molecule has 0 fully saturated rings. The van der Waals surface area contributed by atoms with Crippen LogP contribution in [-0.4, -0.2) is 51.1 Å². The standard InChI is InChI=1S/C8H6.C6H16N2/c1-2-8-6-4-3-5-7-8;1-7(2)5-6-8(3)4/h1,3-7H;5-6H2,1-4H3. The van der Waals surface area contributed by atoms with Gasteiger partial charge in [-0.05, 0) is 40.3 Å². The summed E-state index contributed by atoms with van der Waals surface area (Å²) in [4.78, 5) is 4.36. The van der Waals surface area contributed by atoms with Crippen molar-refractivity contribution < 1.29 is 0 Å². The first-order chi connectivity index (χ1) is 7.56. The van der Waals surface area contributed by atoms with Crippen LogP contribution in [-0.2, 0) is 0 Å².